The fraction of sp³-hybridized carbons (Fsp3) is 0.571. The van der Waals surface area contributed by atoms with Crippen molar-refractivity contribution >= 4 is 0 Å². The second-order valence-electron chi connectivity index (χ2n) is 4.39. The van der Waals surface area contributed by atoms with Gasteiger partial charge < -0.3 is 10.8 Å². The fourth-order valence-electron chi connectivity index (χ4n) is 2.26. The molecule has 0 aliphatic heterocycles. The van der Waals surface area contributed by atoms with Crippen molar-refractivity contribution < 1.29 is 9.50 Å². The molecule has 0 radical (unpaired) electrons. The highest BCUT2D eigenvalue weighted by Gasteiger charge is 2.26. The number of hydrogen-bond donors (Lipinski definition) is 2. The number of benzene rings is 1. The monoisotopic (exact) mass is 254 g/mol. The van der Waals surface area contributed by atoms with E-state index in [1.165, 1.54) is 6.07 Å². The number of hydrogen-bond acceptors (Lipinski definition) is 3. The number of likely N-dealkylation sites (N-methyl/N-ethyl adjacent to an activating group) is 1. The van der Waals surface area contributed by atoms with Gasteiger partial charge in [0.05, 0.1) is 12.6 Å². The van der Waals surface area contributed by atoms with Crippen LogP contribution in [-0.4, -0.2) is 35.7 Å². The molecule has 4 heteroatoms. The highest BCUT2D eigenvalue weighted by atomic mass is 19.1. The molecule has 0 bridgehead atoms. The van der Waals surface area contributed by atoms with Crippen LogP contribution in [0.4, 0.5) is 4.39 Å². The van der Waals surface area contributed by atoms with Crippen LogP contribution in [0.3, 0.4) is 0 Å². The Morgan fingerprint density at radius 2 is 2.00 bits per heavy atom. The summed E-state index contributed by atoms with van der Waals surface area (Å²) in [6.07, 6.45) is 0.765. The molecule has 0 aliphatic carbocycles. The molecule has 1 rings (SSSR count). The summed E-state index contributed by atoms with van der Waals surface area (Å²) >= 11 is 0. The second kappa shape index (κ2) is 7.46. The molecule has 1 aromatic carbocycles. The summed E-state index contributed by atoms with van der Waals surface area (Å²) in [5.41, 5.74) is 6.75. The largest absolute Gasteiger partial charge is 0.395 e. The standard InChI is InChI=1S/C14H23FN2O/c1-3-13(16)14(17(4-2)9-10-18)11-7-5-6-8-12(11)15/h5-8,13-14,18H,3-4,9-10,16H2,1-2H3. The van der Waals surface area contributed by atoms with Gasteiger partial charge in [-0.2, -0.15) is 0 Å². The predicted octanol–water partition coefficient (Wildman–Crippen LogP) is 1.92. The molecular weight excluding hydrogens is 231 g/mol. The summed E-state index contributed by atoms with van der Waals surface area (Å²) in [6, 6.07) is 6.39. The first kappa shape index (κ1) is 15.1. The van der Waals surface area contributed by atoms with E-state index in [-0.39, 0.29) is 24.5 Å². The van der Waals surface area contributed by atoms with Gasteiger partial charge in [0.1, 0.15) is 5.82 Å². The lowest BCUT2D eigenvalue weighted by molar-refractivity contribution is 0.136. The molecule has 0 saturated carbocycles. The van der Waals surface area contributed by atoms with E-state index in [2.05, 4.69) is 0 Å². The minimum atomic E-state index is -0.234. The molecule has 0 aromatic heterocycles. The maximum atomic E-state index is 13.9. The Bertz CT molecular complexity index is 359. The number of aliphatic hydroxyl groups excluding tert-OH is 1. The lowest BCUT2D eigenvalue weighted by atomic mass is 9.95. The van der Waals surface area contributed by atoms with Crippen molar-refractivity contribution in [2.75, 3.05) is 19.7 Å². The van der Waals surface area contributed by atoms with E-state index in [1.54, 1.807) is 12.1 Å². The van der Waals surface area contributed by atoms with Crippen molar-refractivity contribution in [3.63, 3.8) is 0 Å². The van der Waals surface area contributed by atoms with Crippen LogP contribution in [0.15, 0.2) is 24.3 Å². The maximum Gasteiger partial charge on any atom is 0.128 e. The Labute approximate surface area is 108 Å². The third kappa shape index (κ3) is 3.51. The molecule has 0 aliphatic rings. The SMILES string of the molecule is CCC(N)C(c1ccccc1F)N(CC)CCO. The van der Waals surface area contributed by atoms with Crippen LogP contribution in [0.5, 0.6) is 0 Å². The van der Waals surface area contributed by atoms with Crippen LogP contribution in [-0.2, 0) is 0 Å². The number of nitrogens with two attached hydrogens (primary N) is 1. The van der Waals surface area contributed by atoms with Crippen molar-refractivity contribution in [1.82, 2.24) is 4.90 Å². The molecule has 0 fully saturated rings. The molecule has 2 unspecified atom stereocenters. The van der Waals surface area contributed by atoms with Crippen LogP contribution >= 0.6 is 0 Å². The van der Waals surface area contributed by atoms with Crippen molar-refractivity contribution in [2.24, 2.45) is 5.73 Å². The first-order valence-electron chi connectivity index (χ1n) is 6.50. The Morgan fingerprint density at radius 3 is 2.50 bits per heavy atom. The van der Waals surface area contributed by atoms with Crippen molar-refractivity contribution in [2.45, 2.75) is 32.4 Å². The average molecular weight is 254 g/mol. The van der Waals surface area contributed by atoms with Crippen LogP contribution in [0.1, 0.15) is 31.9 Å². The molecule has 102 valence electrons. The summed E-state index contributed by atoms with van der Waals surface area (Å²) < 4.78 is 13.9. The van der Waals surface area contributed by atoms with Gasteiger partial charge in [-0.05, 0) is 19.0 Å². The zero-order valence-corrected chi connectivity index (χ0v) is 11.1. The molecule has 1 aromatic rings. The number of rotatable bonds is 7. The number of aliphatic hydroxyl groups is 1. The first-order valence-corrected chi connectivity index (χ1v) is 6.50. The van der Waals surface area contributed by atoms with E-state index >= 15 is 0 Å². The summed E-state index contributed by atoms with van der Waals surface area (Å²) in [5, 5.41) is 9.11. The van der Waals surface area contributed by atoms with Gasteiger partial charge in [-0.15, -0.1) is 0 Å². The molecule has 3 nitrogen and oxygen atoms in total. The van der Waals surface area contributed by atoms with Crippen molar-refractivity contribution in [3.8, 4) is 0 Å². The van der Waals surface area contributed by atoms with E-state index in [0.29, 0.717) is 12.1 Å². The molecular formula is C14H23FN2O. The van der Waals surface area contributed by atoms with Gasteiger partial charge in [0.15, 0.2) is 0 Å². The molecule has 3 N–H and O–H groups in total. The highest BCUT2D eigenvalue weighted by molar-refractivity contribution is 5.23. The van der Waals surface area contributed by atoms with Crippen LogP contribution < -0.4 is 5.73 Å². The van der Waals surface area contributed by atoms with E-state index in [4.69, 9.17) is 10.8 Å². The average Bonchev–Trinajstić information content (AvgIpc) is 2.39. The quantitative estimate of drug-likeness (QED) is 0.781. The van der Waals surface area contributed by atoms with Gasteiger partial charge in [0.2, 0.25) is 0 Å². The lowest BCUT2D eigenvalue weighted by Gasteiger charge is -2.34. The molecule has 18 heavy (non-hydrogen) atoms. The van der Waals surface area contributed by atoms with Crippen molar-refractivity contribution in [3.05, 3.63) is 35.6 Å². The normalized spacial score (nSPS) is 14.8. The molecule has 0 amide bonds. The van der Waals surface area contributed by atoms with Crippen LogP contribution in [0, 0.1) is 5.82 Å². The summed E-state index contributed by atoms with van der Waals surface area (Å²) in [7, 11) is 0. The smallest absolute Gasteiger partial charge is 0.128 e. The third-order valence-electron chi connectivity index (χ3n) is 3.29. The first-order chi connectivity index (χ1) is 8.65. The highest BCUT2D eigenvalue weighted by Crippen LogP contribution is 2.26. The van der Waals surface area contributed by atoms with Crippen molar-refractivity contribution in [1.29, 1.82) is 0 Å². The third-order valence-corrected chi connectivity index (χ3v) is 3.29. The molecule has 2 atom stereocenters. The van der Waals surface area contributed by atoms with Gasteiger partial charge in [-0.3, -0.25) is 4.90 Å². The summed E-state index contributed by atoms with van der Waals surface area (Å²) in [5.74, 6) is -0.234. The van der Waals surface area contributed by atoms with E-state index < -0.39 is 0 Å². The number of halogens is 1. The topological polar surface area (TPSA) is 49.5 Å². The van der Waals surface area contributed by atoms with Gasteiger partial charge >= 0.3 is 0 Å². The Morgan fingerprint density at radius 1 is 1.33 bits per heavy atom. The molecule has 0 heterocycles. The molecule has 0 spiro atoms. The minimum Gasteiger partial charge on any atom is -0.395 e. The van der Waals surface area contributed by atoms with Crippen LogP contribution in [0.25, 0.3) is 0 Å². The summed E-state index contributed by atoms with van der Waals surface area (Å²) in [4.78, 5) is 2.02. The Kier molecular flexibility index (Phi) is 6.25. The number of nitrogens with zero attached hydrogens (tertiary/aromatic N) is 1. The maximum absolute atomic E-state index is 13.9. The minimum absolute atomic E-state index is 0.0508. The Balaban J connectivity index is 3.08. The van der Waals surface area contributed by atoms with Gasteiger partial charge in [-0.25, -0.2) is 4.39 Å². The van der Waals surface area contributed by atoms with Gasteiger partial charge in [-0.1, -0.05) is 32.0 Å². The van der Waals surface area contributed by atoms with Gasteiger partial charge in [0.25, 0.3) is 0 Å². The van der Waals surface area contributed by atoms with Gasteiger partial charge in [0, 0.05) is 18.2 Å². The van der Waals surface area contributed by atoms with Crippen LogP contribution in [0.2, 0.25) is 0 Å². The zero-order chi connectivity index (χ0) is 13.5. The Hall–Kier alpha value is -0.970. The second-order valence-corrected chi connectivity index (χ2v) is 4.39. The molecule has 0 saturated heterocycles. The summed E-state index contributed by atoms with van der Waals surface area (Å²) in [6.45, 7) is 5.27. The van der Waals surface area contributed by atoms with E-state index in [1.807, 2.05) is 24.8 Å². The lowest BCUT2D eigenvalue weighted by Crippen LogP contribution is -2.42. The zero-order valence-electron chi connectivity index (χ0n) is 11.1. The fourth-order valence-corrected chi connectivity index (χ4v) is 2.26. The van der Waals surface area contributed by atoms with E-state index in [9.17, 15) is 4.39 Å². The predicted molar refractivity (Wildman–Crippen MR) is 71.7 cm³/mol. The van der Waals surface area contributed by atoms with E-state index in [0.717, 1.165) is 13.0 Å².